The second-order valence-corrected chi connectivity index (χ2v) is 9.87. The number of aliphatic imine (C=N–C) groups is 1. The number of fused-ring (bicyclic) bond motifs is 1. The number of amides is 3. The van der Waals surface area contributed by atoms with E-state index in [1.165, 1.54) is 4.90 Å². The van der Waals surface area contributed by atoms with Gasteiger partial charge in [-0.2, -0.15) is 0 Å². The fourth-order valence-corrected chi connectivity index (χ4v) is 4.81. The summed E-state index contributed by atoms with van der Waals surface area (Å²) in [5.41, 5.74) is 17.9. The molecule has 1 aromatic carbocycles. The summed E-state index contributed by atoms with van der Waals surface area (Å²) in [6.07, 6.45) is 2.21. The number of aromatic amines is 1. The van der Waals surface area contributed by atoms with Crippen LogP contribution in [-0.4, -0.2) is 93.0 Å². The number of rotatable bonds is 14. The molecule has 4 unspecified atom stereocenters. The Hall–Kier alpha value is -4.66. The largest absolute Gasteiger partial charge is 0.481 e. The van der Waals surface area contributed by atoms with Crippen LogP contribution >= 0.6 is 0 Å². The Balaban J connectivity index is 1.86. The van der Waals surface area contributed by atoms with Crippen molar-refractivity contribution in [3.8, 4) is 0 Å². The van der Waals surface area contributed by atoms with Gasteiger partial charge in [0, 0.05) is 36.6 Å². The summed E-state index contributed by atoms with van der Waals surface area (Å²) in [5, 5.41) is 24.6. The van der Waals surface area contributed by atoms with Crippen molar-refractivity contribution in [2.45, 2.75) is 62.7 Å². The topological polar surface area (TPSA) is 259 Å². The van der Waals surface area contributed by atoms with Crippen molar-refractivity contribution in [2.24, 2.45) is 22.2 Å². The fourth-order valence-electron chi connectivity index (χ4n) is 4.81. The molecule has 2 heterocycles. The first-order valence-corrected chi connectivity index (χ1v) is 13.2. The van der Waals surface area contributed by atoms with E-state index in [1.54, 1.807) is 6.20 Å². The minimum Gasteiger partial charge on any atom is -0.481 e. The number of nitrogens with two attached hydrogens (primary N) is 3. The lowest BCUT2D eigenvalue weighted by atomic mass is 10.0. The molecule has 15 heteroatoms. The third-order valence-corrected chi connectivity index (χ3v) is 6.84. The van der Waals surface area contributed by atoms with Crippen LogP contribution in [-0.2, 0) is 30.4 Å². The number of aromatic nitrogens is 1. The molecule has 1 saturated heterocycles. The van der Waals surface area contributed by atoms with Crippen LogP contribution in [0.25, 0.3) is 10.9 Å². The normalized spacial score (nSPS) is 16.9. The van der Waals surface area contributed by atoms with Crippen LogP contribution in [0.4, 0.5) is 0 Å². The lowest BCUT2D eigenvalue weighted by Gasteiger charge is -2.29. The van der Waals surface area contributed by atoms with Gasteiger partial charge in [0.05, 0.1) is 12.5 Å². The first kappa shape index (κ1) is 30.9. The maximum absolute atomic E-state index is 13.7. The predicted molar refractivity (Wildman–Crippen MR) is 148 cm³/mol. The molecule has 1 aliphatic heterocycles. The molecule has 3 amide bonds. The highest BCUT2D eigenvalue weighted by Gasteiger charge is 2.38. The maximum atomic E-state index is 13.7. The second-order valence-electron chi connectivity index (χ2n) is 9.87. The Morgan fingerprint density at radius 1 is 1.07 bits per heavy atom. The quantitative estimate of drug-likeness (QED) is 0.0746. The van der Waals surface area contributed by atoms with E-state index in [2.05, 4.69) is 20.6 Å². The van der Waals surface area contributed by atoms with E-state index in [9.17, 15) is 29.1 Å². The fraction of sp³-hybridized carbons (Fsp3) is 0.462. The highest BCUT2D eigenvalue weighted by molar-refractivity contribution is 5.95. The van der Waals surface area contributed by atoms with Crippen LogP contribution in [0.1, 0.15) is 37.7 Å². The van der Waals surface area contributed by atoms with E-state index < -0.39 is 60.2 Å². The first-order chi connectivity index (χ1) is 19.5. The van der Waals surface area contributed by atoms with Crippen LogP contribution in [0.2, 0.25) is 0 Å². The highest BCUT2D eigenvalue weighted by Crippen LogP contribution is 2.23. The number of likely N-dealkylation sites (tertiary alicyclic amines) is 1. The summed E-state index contributed by atoms with van der Waals surface area (Å²) in [7, 11) is 0. The summed E-state index contributed by atoms with van der Waals surface area (Å²) < 4.78 is 0. The van der Waals surface area contributed by atoms with Crippen LogP contribution in [0.15, 0.2) is 35.5 Å². The number of H-pyrrole nitrogens is 1. The number of carbonyl (C=O) groups excluding carboxylic acids is 3. The van der Waals surface area contributed by atoms with Crippen LogP contribution < -0.4 is 27.8 Å². The van der Waals surface area contributed by atoms with Crippen molar-refractivity contribution in [1.82, 2.24) is 20.5 Å². The van der Waals surface area contributed by atoms with Gasteiger partial charge in [-0.1, -0.05) is 18.2 Å². The maximum Gasteiger partial charge on any atom is 0.326 e. The Labute approximate surface area is 235 Å². The van der Waals surface area contributed by atoms with Gasteiger partial charge in [-0.05, 0) is 37.3 Å². The molecule has 3 rings (SSSR count). The smallest absolute Gasteiger partial charge is 0.326 e. The van der Waals surface area contributed by atoms with Crippen molar-refractivity contribution >= 4 is 46.5 Å². The molecule has 0 bridgehead atoms. The number of nitrogens with zero attached hydrogens (tertiary/aromatic N) is 2. The van der Waals surface area contributed by atoms with Crippen molar-refractivity contribution in [3.63, 3.8) is 0 Å². The Kier molecular flexibility index (Phi) is 10.6. The predicted octanol–water partition coefficient (Wildman–Crippen LogP) is -1.39. The third kappa shape index (κ3) is 8.41. The van der Waals surface area contributed by atoms with Gasteiger partial charge >= 0.3 is 11.9 Å². The van der Waals surface area contributed by atoms with Crippen molar-refractivity contribution < 1.29 is 34.2 Å². The summed E-state index contributed by atoms with van der Waals surface area (Å²) in [5.74, 6) is -4.73. The van der Waals surface area contributed by atoms with Gasteiger partial charge in [-0.15, -0.1) is 0 Å². The molecule has 41 heavy (non-hydrogen) atoms. The molecule has 1 aromatic heterocycles. The van der Waals surface area contributed by atoms with Crippen LogP contribution in [0, 0.1) is 0 Å². The van der Waals surface area contributed by atoms with Gasteiger partial charge in [0.1, 0.15) is 18.1 Å². The van der Waals surface area contributed by atoms with Crippen molar-refractivity contribution in [2.75, 3.05) is 13.1 Å². The minimum absolute atomic E-state index is 0.0452. The molecule has 11 N–H and O–H groups in total. The number of benzene rings is 1. The van der Waals surface area contributed by atoms with E-state index in [0.717, 1.165) is 16.5 Å². The Morgan fingerprint density at radius 2 is 1.78 bits per heavy atom. The Bertz CT molecular complexity index is 1310. The summed E-state index contributed by atoms with van der Waals surface area (Å²) in [4.78, 5) is 70.8. The molecule has 222 valence electrons. The van der Waals surface area contributed by atoms with Gasteiger partial charge < -0.3 is 47.9 Å². The zero-order chi connectivity index (χ0) is 30.1. The number of nitrogens with one attached hydrogen (secondary N) is 3. The minimum atomic E-state index is -1.41. The number of carboxylic acids is 2. The number of hydrogen-bond donors (Lipinski definition) is 8. The van der Waals surface area contributed by atoms with E-state index in [-0.39, 0.29) is 38.3 Å². The number of aliphatic carboxylic acids is 2. The number of hydrogen-bond acceptors (Lipinski definition) is 7. The average Bonchev–Trinajstić information content (AvgIpc) is 3.57. The third-order valence-electron chi connectivity index (χ3n) is 6.84. The van der Waals surface area contributed by atoms with Gasteiger partial charge in [-0.3, -0.25) is 24.2 Å². The monoisotopic (exact) mass is 572 g/mol. The highest BCUT2D eigenvalue weighted by atomic mass is 16.4. The zero-order valence-corrected chi connectivity index (χ0v) is 22.4. The first-order valence-electron chi connectivity index (χ1n) is 13.2. The molecule has 2 aromatic rings. The molecular weight excluding hydrogens is 536 g/mol. The average molecular weight is 573 g/mol. The summed E-state index contributed by atoms with van der Waals surface area (Å²) >= 11 is 0. The lowest BCUT2D eigenvalue weighted by Crippen LogP contribution is -2.57. The number of carboxylic acid groups (broad SMARTS) is 2. The van der Waals surface area contributed by atoms with Crippen LogP contribution in [0.3, 0.4) is 0 Å². The zero-order valence-electron chi connectivity index (χ0n) is 22.4. The molecule has 4 atom stereocenters. The molecule has 0 aliphatic carbocycles. The molecular formula is C26H36N8O7. The van der Waals surface area contributed by atoms with E-state index in [1.807, 2.05) is 24.3 Å². The van der Waals surface area contributed by atoms with E-state index in [4.69, 9.17) is 22.3 Å². The molecule has 0 saturated carbocycles. The van der Waals surface area contributed by atoms with Gasteiger partial charge in [-0.25, -0.2) is 4.79 Å². The SMILES string of the molecule is NC(N)=NCCCC(NC(=O)C(N)CC(=O)O)C(=O)NC(Cc1c[nH]c2ccccc12)C(=O)N1CCCC1C(=O)O. The molecule has 15 nitrogen and oxygen atoms in total. The van der Waals surface area contributed by atoms with Gasteiger partial charge in [0.15, 0.2) is 5.96 Å². The summed E-state index contributed by atoms with van der Waals surface area (Å²) in [6.45, 7) is 0.369. The van der Waals surface area contributed by atoms with E-state index in [0.29, 0.717) is 12.8 Å². The van der Waals surface area contributed by atoms with Crippen LogP contribution in [0.5, 0.6) is 0 Å². The summed E-state index contributed by atoms with van der Waals surface area (Å²) in [6, 6.07) is 2.60. The van der Waals surface area contributed by atoms with Crippen molar-refractivity contribution in [3.05, 3.63) is 36.0 Å². The van der Waals surface area contributed by atoms with Gasteiger partial charge in [0.25, 0.3) is 0 Å². The number of para-hydroxylation sites is 1. The Morgan fingerprint density at radius 3 is 2.46 bits per heavy atom. The lowest BCUT2D eigenvalue weighted by molar-refractivity contribution is -0.149. The standard InChI is InChI=1S/C26H36N8O7/c27-16(12-21(35)36)22(37)32-18(7-3-9-30-26(28)29)23(38)33-19(24(39)34-10-4-8-20(34)25(40)41)11-14-13-31-17-6-2-1-5-15(14)17/h1-2,5-6,13,16,18-20,31H,3-4,7-12,27H2,(H,32,37)(H,33,38)(H,35,36)(H,40,41)(H4,28,29,30). The molecule has 0 spiro atoms. The molecule has 1 fully saturated rings. The van der Waals surface area contributed by atoms with E-state index >= 15 is 0 Å². The molecule has 1 aliphatic rings. The second kappa shape index (κ2) is 14.1. The van der Waals surface area contributed by atoms with Crippen molar-refractivity contribution in [1.29, 1.82) is 0 Å². The number of carbonyl (C=O) groups is 5. The number of guanidine groups is 1. The van der Waals surface area contributed by atoms with Gasteiger partial charge in [0.2, 0.25) is 17.7 Å². The molecule has 0 radical (unpaired) electrons.